The third-order valence-corrected chi connectivity index (χ3v) is 8.13. The predicted octanol–water partition coefficient (Wildman–Crippen LogP) is 3.98. The topological polar surface area (TPSA) is 69.4 Å². The van der Waals surface area contributed by atoms with Crippen LogP contribution in [0.25, 0.3) is 0 Å². The molecule has 0 radical (unpaired) electrons. The van der Waals surface area contributed by atoms with Crippen molar-refractivity contribution in [2.24, 2.45) is 34.3 Å². The number of primary amides is 1. The van der Waals surface area contributed by atoms with Gasteiger partial charge in [-0.05, 0) is 74.2 Å². The van der Waals surface area contributed by atoms with Gasteiger partial charge in [0.25, 0.3) is 0 Å². The highest BCUT2D eigenvalue weighted by molar-refractivity contribution is 5.91. The maximum absolute atomic E-state index is 11.9. The Kier molecular flexibility index (Phi) is 3.59. The number of nitrogens with two attached hydrogens (primary N) is 1. The molecule has 0 aromatic rings. The molecular weight excluding hydrogens is 302 g/mol. The Morgan fingerprint density at radius 2 is 1.92 bits per heavy atom. The summed E-state index contributed by atoms with van der Waals surface area (Å²) in [6.07, 6.45) is 9.67. The first kappa shape index (κ1) is 16.2. The molecule has 4 nitrogen and oxygen atoms in total. The molecule has 3 fully saturated rings. The molecule has 4 heteroatoms. The Morgan fingerprint density at radius 1 is 1.12 bits per heavy atom. The van der Waals surface area contributed by atoms with Gasteiger partial charge in [-0.25, -0.2) is 4.79 Å². The fraction of sp³-hybridized carbons (Fsp3) is 0.800. The van der Waals surface area contributed by atoms with Gasteiger partial charge in [0.1, 0.15) is 6.10 Å². The average Bonchev–Trinajstić information content (AvgIpc) is 2.84. The predicted molar refractivity (Wildman–Crippen MR) is 91.2 cm³/mol. The number of carbonyl (C=O) groups is 2. The number of allylic oxidation sites excluding steroid dienone is 1. The Labute approximate surface area is 144 Å². The first-order valence-corrected chi connectivity index (χ1v) is 9.54. The molecular formula is C20H29NO3. The quantitative estimate of drug-likeness (QED) is 0.790. The van der Waals surface area contributed by atoms with Crippen LogP contribution in [0, 0.1) is 28.6 Å². The Balaban J connectivity index is 1.62. The van der Waals surface area contributed by atoms with Crippen LogP contribution in [0.4, 0.5) is 4.79 Å². The van der Waals surface area contributed by atoms with E-state index in [2.05, 4.69) is 13.8 Å². The summed E-state index contributed by atoms with van der Waals surface area (Å²) in [5, 5.41) is 0. The SMILES string of the molecule is C[C@]12CCC(=O)C=C1CC[C@@H]1[C@@H]2CC[C@]2(C)C(OC(N)=O)CC[C@@H]12. The van der Waals surface area contributed by atoms with E-state index >= 15 is 0 Å². The fourth-order valence-corrected chi connectivity index (χ4v) is 6.85. The van der Waals surface area contributed by atoms with E-state index in [1.807, 2.05) is 6.08 Å². The van der Waals surface area contributed by atoms with E-state index in [0.717, 1.165) is 32.1 Å². The van der Waals surface area contributed by atoms with Gasteiger partial charge in [0.2, 0.25) is 0 Å². The van der Waals surface area contributed by atoms with Crippen LogP contribution in [0.3, 0.4) is 0 Å². The van der Waals surface area contributed by atoms with Crippen LogP contribution < -0.4 is 5.73 Å². The summed E-state index contributed by atoms with van der Waals surface area (Å²) in [5.74, 6) is 2.31. The minimum absolute atomic E-state index is 0.0152. The lowest BCUT2D eigenvalue weighted by Crippen LogP contribution is -2.51. The second kappa shape index (κ2) is 5.34. The van der Waals surface area contributed by atoms with Crippen LogP contribution in [0.1, 0.15) is 65.2 Å². The lowest BCUT2D eigenvalue weighted by molar-refractivity contribution is -0.118. The molecule has 4 aliphatic rings. The molecule has 6 atom stereocenters. The first-order valence-electron chi connectivity index (χ1n) is 9.54. The number of hydrogen-bond acceptors (Lipinski definition) is 3. The van der Waals surface area contributed by atoms with Crippen LogP contribution in [-0.2, 0) is 9.53 Å². The van der Waals surface area contributed by atoms with Crippen LogP contribution in [-0.4, -0.2) is 18.0 Å². The number of ether oxygens (including phenoxy) is 1. The van der Waals surface area contributed by atoms with Crippen molar-refractivity contribution >= 4 is 11.9 Å². The van der Waals surface area contributed by atoms with E-state index in [-0.39, 0.29) is 16.9 Å². The number of amides is 1. The zero-order valence-electron chi connectivity index (χ0n) is 14.8. The first-order chi connectivity index (χ1) is 11.3. The van der Waals surface area contributed by atoms with Gasteiger partial charge in [-0.3, -0.25) is 4.79 Å². The summed E-state index contributed by atoms with van der Waals surface area (Å²) in [6.45, 7) is 4.71. The van der Waals surface area contributed by atoms with Crippen molar-refractivity contribution in [3.05, 3.63) is 11.6 Å². The van der Waals surface area contributed by atoms with E-state index < -0.39 is 6.09 Å². The molecule has 0 bridgehead atoms. The molecule has 2 N–H and O–H groups in total. The standard InChI is InChI=1S/C20H29NO3/c1-19-9-7-13(22)11-12(19)3-4-14-15-5-6-17(24-18(21)23)20(15,2)10-8-16(14)19/h11,14-17H,3-10H2,1-2H3,(H2,21,23)/t14-,15-,16-,17?,19-,20-/m0/s1. The van der Waals surface area contributed by atoms with Gasteiger partial charge in [-0.15, -0.1) is 0 Å². The number of hydrogen-bond donors (Lipinski definition) is 1. The van der Waals surface area contributed by atoms with E-state index in [1.165, 1.54) is 18.4 Å². The van der Waals surface area contributed by atoms with Gasteiger partial charge in [0.05, 0.1) is 0 Å². The van der Waals surface area contributed by atoms with Crippen LogP contribution in [0.15, 0.2) is 11.6 Å². The van der Waals surface area contributed by atoms with Crippen molar-refractivity contribution in [1.82, 2.24) is 0 Å². The Morgan fingerprint density at radius 3 is 2.67 bits per heavy atom. The average molecular weight is 331 g/mol. The molecule has 1 unspecified atom stereocenters. The molecule has 0 aromatic carbocycles. The Bertz CT molecular complexity index is 612. The molecule has 24 heavy (non-hydrogen) atoms. The molecule has 0 heterocycles. The molecule has 3 saturated carbocycles. The summed E-state index contributed by atoms with van der Waals surface area (Å²) in [4.78, 5) is 23.1. The number of rotatable bonds is 1. The second-order valence-corrected chi connectivity index (χ2v) is 9.02. The fourth-order valence-electron chi connectivity index (χ4n) is 6.85. The minimum atomic E-state index is -0.629. The molecule has 1 amide bonds. The van der Waals surface area contributed by atoms with Gasteiger partial charge in [0, 0.05) is 11.8 Å². The summed E-state index contributed by atoms with van der Waals surface area (Å²) in [7, 11) is 0. The van der Waals surface area contributed by atoms with Gasteiger partial charge < -0.3 is 10.5 Å². The van der Waals surface area contributed by atoms with Crippen molar-refractivity contribution in [3.8, 4) is 0 Å². The van der Waals surface area contributed by atoms with Gasteiger partial charge >= 0.3 is 6.09 Å². The molecule has 0 saturated heterocycles. The van der Waals surface area contributed by atoms with E-state index in [9.17, 15) is 9.59 Å². The third kappa shape index (κ3) is 2.18. The number of fused-ring (bicyclic) bond motifs is 5. The van der Waals surface area contributed by atoms with Crippen molar-refractivity contribution < 1.29 is 14.3 Å². The van der Waals surface area contributed by atoms with Crippen LogP contribution in [0.2, 0.25) is 0 Å². The zero-order chi connectivity index (χ0) is 17.1. The molecule has 4 rings (SSSR count). The van der Waals surface area contributed by atoms with Crippen molar-refractivity contribution in [3.63, 3.8) is 0 Å². The van der Waals surface area contributed by atoms with Crippen molar-refractivity contribution in [1.29, 1.82) is 0 Å². The summed E-state index contributed by atoms with van der Waals surface area (Å²) >= 11 is 0. The molecule has 0 spiro atoms. The minimum Gasteiger partial charge on any atom is -0.446 e. The lowest BCUT2D eigenvalue weighted by Gasteiger charge is -2.57. The normalized spacial score (nSPS) is 47.2. The van der Waals surface area contributed by atoms with Gasteiger partial charge in [-0.2, -0.15) is 0 Å². The highest BCUT2D eigenvalue weighted by Gasteiger charge is 2.59. The molecule has 0 aromatic heterocycles. The van der Waals surface area contributed by atoms with Gasteiger partial charge in [-0.1, -0.05) is 19.4 Å². The monoisotopic (exact) mass is 331 g/mol. The highest BCUT2D eigenvalue weighted by atomic mass is 16.6. The summed E-state index contributed by atoms with van der Waals surface area (Å²) in [5.41, 5.74) is 7.01. The molecule has 4 aliphatic carbocycles. The smallest absolute Gasteiger partial charge is 0.404 e. The largest absolute Gasteiger partial charge is 0.446 e. The van der Waals surface area contributed by atoms with E-state index in [4.69, 9.17) is 10.5 Å². The molecule has 132 valence electrons. The van der Waals surface area contributed by atoms with Gasteiger partial charge in [0.15, 0.2) is 5.78 Å². The second-order valence-electron chi connectivity index (χ2n) is 9.02. The lowest BCUT2D eigenvalue weighted by atomic mass is 9.47. The third-order valence-electron chi connectivity index (χ3n) is 8.13. The number of ketones is 1. The van der Waals surface area contributed by atoms with E-state index in [1.54, 1.807) is 0 Å². The number of carbonyl (C=O) groups excluding carboxylic acids is 2. The summed E-state index contributed by atoms with van der Waals surface area (Å²) in [6, 6.07) is 0. The van der Waals surface area contributed by atoms with Crippen LogP contribution in [0.5, 0.6) is 0 Å². The summed E-state index contributed by atoms with van der Waals surface area (Å²) < 4.78 is 5.49. The highest BCUT2D eigenvalue weighted by Crippen LogP contribution is 2.65. The van der Waals surface area contributed by atoms with Crippen molar-refractivity contribution in [2.45, 2.75) is 71.3 Å². The van der Waals surface area contributed by atoms with Crippen molar-refractivity contribution in [2.75, 3.05) is 0 Å². The van der Waals surface area contributed by atoms with Crippen LogP contribution >= 0.6 is 0 Å². The Hall–Kier alpha value is -1.32. The maximum Gasteiger partial charge on any atom is 0.404 e. The van der Waals surface area contributed by atoms with E-state index in [0.29, 0.717) is 30.0 Å². The molecule has 0 aliphatic heterocycles. The maximum atomic E-state index is 11.9. The zero-order valence-corrected chi connectivity index (χ0v) is 14.8.